The lowest BCUT2D eigenvalue weighted by molar-refractivity contribution is -0.113. The zero-order valence-corrected chi connectivity index (χ0v) is 25.6. The molecule has 0 fully saturated rings. The maximum absolute atomic E-state index is 14.0. The molecule has 0 spiro atoms. The van der Waals surface area contributed by atoms with Crippen LogP contribution in [0.5, 0.6) is 11.5 Å². The third-order valence-corrected chi connectivity index (χ3v) is 9.05. The summed E-state index contributed by atoms with van der Waals surface area (Å²) >= 11 is 8.90. The molecule has 0 unspecified atom stereocenters. The Bertz CT molecular complexity index is 2020. The fraction of sp³-hybridized carbons (Fsp3) is 0.121. The van der Waals surface area contributed by atoms with E-state index in [9.17, 15) is 9.59 Å². The van der Waals surface area contributed by atoms with Crippen LogP contribution in [0, 0.1) is 0 Å². The number of hydrogen-bond donors (Lipinski definition) is 1. The van der Waals surface area contributed by atoms with E-state index in [1.165, 1.54) is 22.7 Å². The third kappa shape index (κ3) is 6.06. The summed E-state index contributed by atoms with van der Waals surface area (Å²) in [5, 5.41) is 5.50. The van der Waals surface area contributed by atoms with Crippen molar-refractivity contribution in [2.75, 3.05) is 12.4 Å². The van der Waals surface area contributed by atoms with Crippen molar-refractivity contribution in [2.45, 2.75) is 19.6 Å². The second kappa shape index (κ2) is 12.4. The van der Waals surface area contributed by atoms with E-state index in [1.54, 1.807) is 23.8 Å². The monoisotopic (exact) mass is 627 g/mol. The number of carbonyl (C=O) groups is 1. The zero-order valence-electron chi connectivity index (χ0n) is 23.2. The average Bonchev–Trinajstić information content (AvgIpc) is 3.64. The number of rotatable bonds is 8. The molecule has 7 nitrogen and oxygen atoms in total. The number of carbonyl (C=O) groups excluding carboxylic acids is 1. The minimum atomic E-state index is -0.598. The molecule has 43 heavy (non-hydrogen) atoms. The smallest absolute Gasteiger partial charge is 0.271 e. The van der Waals surface area contributed by atoms with Gasteiger partial charge in [0.15, 0.2) is 4.80 Å². The van der Waals surface area contributed by atoms with Gasteiger partial charge in [0.05, 0.1) is 22.9 Å². The number of thiazole rings is 1. The molecule has 1 aliphatic heterocycles. The minimum Gasteiger partial charge on any atom is -0.496 e. The molecular weight excluding hydrogens is 602 g/mol. The lowest BCUT2D eigenvalue weighted by Crippen LogP contribution is -2.40. The van der Waals surface area contributed by atoms with Gasteiger partial charge < -0.3 is 14.8 Å². The van der Waals surface area contributed by atoms with E-state index < -0.39 is 6.04 Å². The number of nitrogens with zero attached hydrogens (tertiary/aromatic N) is 2. The van der Waals surface area contributed by atoms with E-state index in [1.807, 2.05) is 91.2 Å². The number of allylic oxidation sites excluding steroid dienone is 1. The Morgan fingerprint density at radius 1 is 1.07 bits per heavy atom. The minimum absolute atomic E-state index is 0.216. The Balaban J connectivity index is 1.38. The van der Waals surface area contributed by atoms with E-state index in [0.29, 0.717) is 42.8 Å². The van der Waals surface area contributed by atoms with Gasteiger partial charge in [-0.25, -0.2) is 4.99 Å². The van der Waals surface area contributed by atoms with Gasteiger partial charge in [-0.1, -0.05) is 59.3 Å². The van der Waals surface area contributed by atoms with Gasteiger partial charge in [-0.2, -0.15) is 0 Å². The molecule has 0 aliphatic carbocycles. The molecule has 0 bridgehead atoms. The highest BCUT2D eigenvalue weighted by atomic mass is 35.5. The van der Waals surface area contributed by atoms with Crippen LogP contribution in [0.25, 0.3) is 6.08 Å². The van der Waals surface area contributed by atoms with E-state index in [2.05, 4.69) is 5.32 Å². The number of hydrogen-bond acceptors (Lipinski definition) is 7. The number of benzene rings is 3. The standard InChI is InChI=1S/C33H26ClN3O4S2/c1-20-29(31(38)36-24-9-4-3-5-10-24)30(27-12-7-15-42-27)37-32(39)28(43-33(37)35-20)17-21-13-14-26(40-2)22(16-21)19-41-25-11-6-8-23(34)18-25/h3-18,30H,19H2,1-2H3,(H,36,38)/b28-17+/t30-/m1/s1. The summed E-state index contributed by atoms with van der Waals surface area (Å²) in [7, 11) is 1.61. The molecule has 3 heterocycles. The van der Waals surface area contributed by atoms with Crippen molar-refractivity contribution in [2.24, 2.45) is 4.99 Å². The molecule has 1 amide bonds. The normalized spacial score (nSPS) is 14.7. The highest BCUT2D eigenvalue weighted by molar-refractivity contribution is 7.10. The first-order valence-corrected chi connectivity index (χ1v) is 15.5. The van der Waals surface area contributed by atoms with Crippen LogP contribution < -0.4 is 29.7 Å². The SMILES string of the molecule is COc1ccc(/C=c2/sc3n(c2=O)[C@H](c2cccs2)C(C(=O)Nc2ccccc2)=C(C)N=3)cc1COc1cccc(Cl)c1. The molecule has 3 aromatic carbocycles. The zero-order chi connectivity index (χ0) is 29.9. The molecule has 10 heteroatoms. The van der Waals surface area contributed by atoms with Crippen LogP contribution in [-0.4, -0.2) is 17.6 Å². The number of aromatic nitrogens is 1. The second-order valence-corrected chi connectivity index (χ2v) is 12.2. The van der Waals surface area contributed by atoms with Gasteiger partial charge in [0, 0.05) is 21.2 Å². The molecule has 6 rings (SSSR count). The summed E-state index contributed by atoms with van der Waals surface area (Å²) in [5.41, 5.74) is 3.09. The van der Waals surface area contributed by atoms with E-state index in [-0.39, 0.29) is 18.1 Å². The van der Waals surface area contributed by atoms with E-state index in [4.69, 9.17) is 26.1 Å². The van der Waals surface area contributed by atoms with Crippen LogP contribution in [0.4, 0.5) is 5.69 Å². The number of nitrogens with one attached hydrogen (secondary N) is 1. The maximum atomic E-state index is 14.0. The predicted molar refractivity (Wildman–Crippen MR) is 172 cm³/mol. The summed E-state index contributed by atoms with van der Waals surface area (Å²) < 4.78 is 13.6. The first-order valence-electron chi connectivity index (χ1n) is 13.4. The molecular formula is C33H26ClN3O4S2. The Hall–Kier alpha value is -4.44. The molecule has 2 aromatic heterocycles. The van der Waals surface area contributed by atoms with Gasteiger partial charge >= 0.3 is 0 Å². The first kappa shape index (κ1) is 28.7. The number of methoxy groups -OCH3 is 1. The van der Waals surface area contributed by atoms with Crippen molar-refractivity contribution >= 4 is 51.9 Å². The Kier molecular flexibility index (Phi) is 8.29. The number of anilines is 1. The molecule has 1 N–H and O–H groups in total. The van der Waals surface area contributed by atoms with Crippen molar-refractivity contribution in [1.82, 2.24) is 4.57 Å². The van der Waals surface area contributed by atoms with Crippen molar-refractivity contribution in [3.63, 3.8) is 0 Å². The molecule has 216 valence electrons. The fourth-order valence-corrected chi connectivity index (χ4v) is 6.97. The molecule has 0 saturated carbocycles. The fourth-order valence-electron chi connectivity index (χ4n) is 4.92. The van der Waals surface area contributed by atoms with Crippen LogP contribution >= 0.6 is 34.3 Å². The largest absolute Gasteiger partial charge is 0.496 e. The van der Waals surface area contributed by atoms with Crippen LogP contribution in [-0.2, 0) is 11.4 Å². The number of fused-ring (bicyclic) bond motifs is 1. The van der Waals surface area contributed by atoms with Gasteiger partial charge in [-0.15, -0.1) is 11.3 Å². The van der Waals surface area contributed by atoms with Gasteiger partial charge in [-0.05, 0) is 72.5 Å². The van der Waals surface area contributed by atoms with Crippen LogP contribution in [0.15, 0.2) is 111 Å². The molecule has 0 saturated heterocycles. The Morgan fingerprint density at radius 2 is 1.91 bits per heavy atom. The summed E-state index contributed by atoms with van der Waals surface area (Å²) in [5.74, 6) is 1.02. The van der Waals surface area contributed by atoms with E-state index in [0.717, 1.165) is 16.0 Å². The number of thiophene rings is 1. The summed E-state index contributed by atoms with van der Waals surface area (Å²) in [6, 6.07) is 25.4. The predicted octanol–water partition coefficient (Wildman–Crippen LogP) is 6.18. The Labute approximate surface area is 260 Å². The van der Waals surface area contributed by atoms with Gasteiger partial charge in [0.1, 0.15) is 24.1 Å². The lowest BCUT2D eigenvalue weighted by atomic mass is 10.0. The number of amides is 1. The van der Waals surface area contributed by atoms with Crippen molar-refractivity contribution in [3.05, 3.63) is 142 Å². The number of para-hydroxylation sites is 1. The summed E-state index contributed by atoms with van der Waals surface area (Å²) in [6.07, 6.45) is 1.83. The second-order valence-electron chi connectivity index (χ2n) is 9.73. The molecule has 1 aliphatic rings. The molecule has 1 atom stereocenters. The summed E-state index contributed by atoms with van der Waals surface area (Å²) in [6.45, 7) is 2.07. The van der Waals surface area contributed by atoms with Crippen LogP contribution in [0.3, 0.4) is 0 Å². The topological polar surface area (TPSA) is 81.9 Å². The average molecular weight is 628 g/mol. The highest BCUT2D eigenvalue weighted by Crippen LogP contribution is 2.33. The number of ether oxygens (including phenoxy) is 2. The highest BCUT2D eigenvalue weighted by Gasteiger charge is 2.33. The van der Waals surface area contributed by atoms with Gasteiger partial charge in [0.2, 0.25) is 0 Å². The van der Waals surface area contributed by atoms with Crippen molar-refractivity contribution in [1.29, 1.82) is 0 Å². The molecule has 5 aromatic rings. The lowest BCUT2D eigenvalue weighted by Gasteiger charge is -2.24. The van der Waals surface area contributed by atoms with Gasteiger partial charge in [0.25, 0.3) is 11.5 Å². The van der Waals surface area contributed by atoms with Crippen LogP contribution in [0.2, 0.25) is 5.02 Å². The first-order chi connectivity index (χ1) is 20.9. The van der Waals surface area contributed by atoms with Crippen LogP contribution in [0.1, 0.15) is 29.0 Å². The number of halogens is 1. The van der Waals surface area contributed by atoms with Crippen molar-refractivity contribution < 1.29 is 14.3 Å². The Morgan fingerprint density at radius 3 is 2.65 bits per heavy atom. The quantitative estimate of drug-likeness (QED) is 0.223. The van der Waals surface area contributed by atoms with Gasteiger partial charge in [-0.3, -0.25) is 14.2 Å². The third-order valence-electron chi connectivity index (χ3n) is 6.90. The summed E-state index contributed by atoms with van der Waals surface area (Å²) in [4.78, 5) is 33.7. The van der Waals surface area contributed by atoms with E-state index >= 15 is 0 Å². The van der Waals surface area contributed by atoms with Crippen molar-refractivity contribution in [3.8, 4) is 11.5 Å². The maximum Gasteiger partial charge on any atom is 0.271 e. The molecule has 0 radical (unpaired) electrons.